The quantitative estimate of drug-likeness (QED) is 0.853. The third-order valence-electron chi connectivity index (χ3n) is 4.13. The van der Waals surface area contributed by atoms with E-state index < -0.39 is 0 Å². The Balaban J connectivity index is 1.74. The molecular formula is C17H21ClN4. The number of nitrogens with one attached hydrogen (secondary N) is 1. The van der Waals surface area contributed by atoms with Gasteiger partial charge < -0.3 is 20.9 Å². The van der Waals surface area contributed by atoms with Gasteiger partial charge in [-0.05, 0) is 24.3 Å². The molecule has 0 aliphatic carbocycles. The van der Waals surface area contributed by atoms with Crippen LogP contribution in [-0.4, -0.2) is 33.2 Å². The molecule has 0 amide bonds. The molecule has 0 atom stereocenters. The van der Waals surface area contributed by atoms with Crippen LogP contribution in [0.4, 0.5) is 22.7 Å². The van der Waals surface area contributed by atoms with E-state index in [9.17, 15) is 0 Å². The maximum atomic E-state index is 6.38. The summed E-state index contributed by atoms with van der Waals surface area (Å²) in [5, 5.41) is 3.83. The zero-order valence-electron chi connectivity index (χ0n) is 12.7. The van der Waals surface area contributed by atoms with Crippen molar-refractivity contribution in [3.63, 3.8) is 0 Å². The highest BCUT2D eigenvalue weighted by atomic mass is 35.5. The van der Waals surface area contributed by atoms with Crippen molar-refractivity contribution in [2.75, 3.05) is 54.1 Å². The van der Waals surface area contributed by atoms with E-state index >= 15 is 0 Å². The van der Waals surface area contributed by atoms with Gasteiger partial charge in [-0.15, -0.1) is 0 Å². The van der Waals surface area contributed by atoms with Crippen LogP contribution in [0.1, 0.15) is 0 Å². The van der Waals surface area contributed by atoms with E-state index in [2.05, 4.69) is 39.4 Å². The molecule has 1 aliphatic heterocycles. The van der Waals surface area contributed by atoms with Gasteiger partial charge in [0.1, 0.15) is 0 Å². The summed E-state index contributed by atoms with van der Waals surface area (Å²) in [6, 6.07) is 14.4. The summed E-state index contributed by atoms with van der Waals surface area (Å²) in [4.78, 5) is 4.72. The number of nitrogen functional groups attached to an aromatic ring is 1. The van der Waals surface area contributed by atoms with Crippen molar-refractivity contribution in [2.24, 2.45) is 0 Å². The number of anilines is 4. The van der Waals surface area contributed by atoms with Crippen molar-refractivity contribution in [1.29, 1.82) is 0 Å². The van der Waals surface area contributed by atoms with E-state index in [1.807, 2.05) is 25.2 Å². The number of para-hydroxylation sites is 1. The largest absolute Gasteiger partial charge is 0.397 e. The molecule has 0 saturated carbocycles. The third kappa shape index (κ3) is 2.92. The molecule has 3 N–H and O–H groups in total. The van der Waals surface area contributed by atoms with Gasteiger partial charge in [0, 0.05) is 38.9 Å². The van der Waals surface area contributed by atoms with Crippen LogP contribution in [-0.2, 0) is 0 Å². The molecule has 0 aromatic heterocycles. The molecule has 0 unspecified atom stereocenters. The Morgan fingerprint density at radius 3 is 2.27 bits per heavy atom. The van der Waals surface area contributed by atoms with Gasteiger partial charge in [0.2, 0.25) is 0 Å². The second kappa shape index (κ2) is 6.36. The predicted molar refractivity (Wildman–Crippen MR) is 96.3 cm³/mol. The van der Waals surface area contributed by atoms with Crippen molar-refractivity contribution >= 4 is 34.4 Å². The number of hydrogen-bond acceptors (Lipinski definition) is 4. The fourth-order valence-corrected chi connectivity index (χ4v) is 3.17. The minimum absolute atomic E-state index is 0.680. The molecule has 1 saturated heterocycles. The molecule has 22 heavy (non-hydrogen) atoms. The lowest BCUT2D eigenvalue weighted by molar-refractivity contribution is 0.654. The van der Waals surface area contributed by atoms with Gasteiger partial charge in [0.15, 0.2) is 0 Å². The summed E-state index contributed by atoms with van der Waals surface area (Å²) in [7, 11) is 1.87. The average molecular weight is 317 g/mol. The van der Waals surface area contributed by atoms with E-state index in [0.29, 0.717) is 10.7 Å². The molecule has 3 rings (SSSR count). The molecule has 1 heterocycles. The van der Waals surface area contributed by atoms with Crippen LogP contribution in [0.5, 0.6) is 0 Å². The van der Waals surface area contributed by atoms with Crippen LogP contribution >= 0.6 is 11.6 Å². The summed E-state index contributed by atoms with van der Waals surface area (Å²) < 4.78 is 0. The zero-order chi connectivity index (χ0) is 15.5. The van der Waals surface area contributed by atoms with Gasteiger partial charge in [-0.2, -0.15) is 0 Å². The molecule has 1 fully saturated rings. The van der Waals surface area contributed by atoms with Crippen LogP contribution in [0.3, 0.4) is 0 Å². The number of nitrogens with zero attached hydrogens (tertiary/aromatic N) is 2. The molecule has 4 nitrogen and oxygen atoms in total. The molecule has 0 bridgehead atoms. The van der Waals surface area contributed by atoms with Crippen molar-refractivity contribution in [3.05, 3.63) is 47.5 Å². The second-order valence-corrected chi connectivity index (χ2v) is 5.86. The zero-order valence-corrected chi connectivity index (χ0v) is 13.5. The van der Waals surface area contributed by atoms with Crippen LogP contribution in [0.25, 0.3) is 0 Å². The third-order valence-corrected chi connectivity index (χ3v) is 4.43. The Hall–Kier alpha value is -2.07. The minimum atomic E-state index is 0.680. The first-order valence-corrected chi connectivity index (χ1v) is 7.88. The smallest absolute Gasteiger partial charge is 0.0661 e. The average Bonchev–Trinajstić information content (AvgIpc) is 2.56. The summed E-state index contributed by atoms with van der Waals surface area (Å²) in [6.45, 7) is 3.86. The minimum Gasteiger partial charge on any atom is -0.397 e. The Kier molecular flexibility index (Phi) is 4.29. The summed E-state index contributed by atoms with van der Waals surface area (Å²) in [5.41, 5.74) is 9.88. The maximum absolute atomic E-state index is 6.38. The van der Waals surface area contributed by atoms with Crippen LogP contribution < -0.4 is 20.9 Å². The van der Waals surface area contributed by atoms with Gasteiger partial charge in [-0.25, -0.2) is 0 Å². The number of hydrogen-bond donors (Lipinski definition) is 2. The monoisotopic (exact) mass is 316 g/mol. The molecule has 116 valence electrons. The van der Waals surface area contributed by atoms with Crippen molar-refractivity contribution in [3.8, 4) is 0 Å². The Bertz CT molecular complexity index is 637. The van der Waals surface area contributed by atoms with E-state index in [-0.39, 0.29) is 0 Å². The summed E-state index contributed by atoms with van der Waals surface area (Å²) >= 11 is 6.38. The highest BCUT2D eigenvalue weighted by molar-refractivity contribution is 6.33. The van der Waals surface area contributed by atoms with Gasteiger partial charge in [-0.1, -0.05) is 29.8 Å². The first-order chi connectivity index (χ1) is 10.7. The van der Waals surface area contributed by atoms with E-state index in [0.717, 1.165) is 37.6 Å². The highest BCUT2D eigenvalue weighted by Gasteiger charge is 2.20. The van der Waals surface area contributed by atoms with Crippen LogP contribution in [0, 0.1) is 0 Å². The highest BCUT2D eigenvalue weighted by Crippen LogP contribution is 2.34. The van der Waals surface area contributed by atoms with E-state index in [1.54, 1.807) is 0 Å². The summed E-state index contributed by atoms with van der Waals surface area (Å²) in [6.07, 6.45) is 0. The second-order valence-electron chi connectivity index (χ2n) is 5.45. The normalized spacial score (nSPS) is 15.0. The number of nitrogens with two attached hydrogens (primary N) is 1. The molecular weight excluding hydrogens is 296 g/mol. The van der Waals surface area contributed by atoms with Crippen molar-refractivity contribution in [1.82, 2.24) is 0 Å². The lowest BCUT2D eigenvalue weighted by atomic mass is 10.2. The Morgan fingerprint density at radius 1 is 1.00 bits per heavy atom. The Labute approximate surface area is 136 Å². The molecule has 0 radical (unpaired) electrons. The fraction of sp³-hybridized carbons (Fsp3) is 0.294. The van der Waals surface area contributed by atoms with E-state index in [4.69, 9.17) is 17.3 Å². The SMILES string of the molecule is CNc1cc(N2CCN(c3ccccc3)CC2)c(Cl)cc1N. The lowest BCUT2D eigenvalue weighted by Crippen LogP contribution is -2.46. The lowest BCUT2D eigenvalue weighted by Gasteiger charge is -2.38. The molecule has 2 aromatic rings. The summed E-state index contributed by atoms with van der Waals surface area (Å²) in [5.74, 6) is 0. The van der Waals surface area contributed by atoms with Gasteiger partial charge >= 0.3 is 0 Å². The standard InChI is InChI=1S/C17H21ClN4/c1-20-16-12-17(14(18)11-15(16)19)22-9-7-21(8-10-22)13-5-3-2-4-6-13/h2-6,11-12,20H,7-10,19H2,1H3. The van der Waals surface area contributed by atoms with Gasteiger partial charge in [0.25, 0.3) is 0 Å². The first-order valence-electron chi connectivity index (χ1n) is 7.51. The van der Waals surface area contributed by atoms with Gasteiger partial charge in [0.05, 0.1) is 22.1 Å². The predicted octanol–water partition coefficient (Wildman–Crippen LogP) is 3.29. The number of halogens is 1. The fourth-order valence-electron chi connectivity index (χ4n) is 2.88. The molecule has 2 aromatic carbocycles. The van der Waals surface area contributed by atoms with Crippen LogP contribution in [0.2, 0.25) is 5.02 Å². The molecule has 5 heteroatoms. The number of benzene rings is 2. The first kappa shape index (κ1) is 14.9. The topological polar surface area (TPSA) is 44.5 Å². The van der Waals surface area contributed by atoms with Crippen molar-refractivity contribution in [2.45, 2.75) is 0 Å². The van der Waals surface area contributed by atoms with Gasteiger partial charge in [-0.3, -0.25) is 0 Å². The Morgan fingerprint density at radius 2 is 1.64 bits per heavy atom. The molecule has 0 spiro atoms. The molecule has 1 aliphatic rings. The van der Waals surface area contributed by atoms with Crippen LogP contribution in [0.15, 0.2) is 42.5 Å². The maximum Gasteiger partial charge on any atom is 0.0661 e. The van der Waals surface area contributed by atoms with Crippen molar-refractivity contribution < 1.29 is 0 Å². The van der Waals surface area contributed by atoms with E-state index in [1.165, 1.54) is 5.69 Å². The number of piperazine rings is 1. The number of rotatable bonds is 3.